The average Bonchev–Trinajstić information content (AvgIpc) is 2.79. The van der Waals surface area contributed by atoms with Gasteiger partial charge in [-0.2, -0.15) is 0 Å². The summed E-state index contributed by atoms with van der Waals surface area (Å²) in [6.45, 7) is 0. The minimum atomic E-state index is -0.404. The molecule has 0 aromatic heterocycles. The standard InChI is InChI=1S/C16H8Cl3NO2S/c17-10-4-6-11(7-5-10)20-15(21)13(23-16(20)22)8-9-2-1-3-12(18)14(9)19/h1-8H/b13-8+. The molecule has 1 aliphatic heterocycles. The normalized spacial score (nSPS) is 16.5. The summed E-state index contributed by atoms with van der Waals surface area (Å²) < 4.78 is 0. The fraction of sp³-hybridized carbons (Fsp3) is 0. The lowest BCUT2D eigenvalue weighted by Gasteiger charge is -2.12. The monoisotopic (exact) mass is 383 g/mol. The van der Waals surface area contributed by atoms with Gasteiger partial charge < -0.3 is 0 Å². The van der Waals surface area contributed by atoms with E-state index in [0.717, 1.165) is 16.7 Å². The topological polar surface area (TPSA) is 37.4 Å². The van der Waals surface area contributed by atoms with Gasteiger partial charge in [0.25, 0.3) is 11.1 Å². The third-order valence-electron chi connectivity index (χ3n) is 3.15. The molecule has 1 heterocycles. The number of rotatable bonds is 2. The number of carbonyl (C=O) groups excluding carboxylic acids is 2. The Balaban J connectivity index is 1.96. The first-order chi connectivity index (χ1) is 11.0. The molecule has 0 unspecified atom stereocenters. The van der Waals surface area contributed by atoms with Crippen LogP contribution in [0.25, 0.3) is 6.08 Å². The fourth-order valence-electron chi connectivity index (χ4n) is 2.05. The van der Waals surface area contributed by atoms with Gasteiger partial charge in [-0.3, -0.25) is 9.59 Å². The summed E-state index contributed by atoms with van der Waals surface area (Å²) in [6.07, 6.45) is 1.56. The average molecular weight is 385 g/mol. The number of benzene rings is 2. The van der Waals surface area contributed by atoms with Gasteiger partial charge in [-0.1, -0.05) is 46.9 Å². The molecular weight excluding hydrogens is 377 g/mol. The van der Waals surface area contributed by atoms with Crippen LogP contribution in [0, 0.1) is 0 Å². The van der Waals surface area contributed by atoms with Crippen molar-refractivity contribution in [3.05, 3.63) is 68.0 Å². The zero-order valence-electron chi connectivity index (χ0n) is 11.4. The lowest BCUT2D eigenvalue weighted by Crippen LogP contribution is -2.27. The van der Waals surface area contributed by atoms with Crippen LogP contribution in [-0.4, -0.2) is 11.1 Å². The van der Waals surface area contributed by atoms with Crippen molar-refractivity contribution in [1.29, 1.82) is 0 Å². The number of amides is 2. The van der Waals surface area contributed by atoms with E-state index in [1.807, 2.05) is 0 Å². The largest absolute Gasteiger partial charge is 0.298 e. The lowest BCUT2D eigenvalue weighted by molar-refractivity contribution is -0.113. The highest BCUT2D eigenvalue weighted by molar-refractivity contribution is 8.19. The number of nitrogens with zero attached hydrogens (tertiary/aromatic N) is 1. The van der Waals surface area contributed by atoms with E-state index in [0.29, 0.717) is 26.3 Å². The van der Waals surface area contributed by atoms with Gasteiger partial charge in [-0.15, -0.1) is 0 Å². The van der Waals surface area contributed by atoms with Crippen molar-refractivity contribution >= 4 is 69.5 Å². The fourth-order valence-corrected chi connectivity index (χ4v) is 3.37. The Morgan fingerprint density at radius 3 is 2.35 bits per heavy atom. The molecule has 2 aromatic carbocycles. The molecule has 0 saturated carbocycles. The first-order valence-electron chi connectivity index (χ1n) is 6.45. The van der Waals surface area contributed by atoms with Crippen LogP contribution >= 0.6 is 46.6 Å². The smallest absolute Gasteiger partial charge is 0.268 e. The van der Waals surface area contributed by atoms with Crippen LogP contribution in [0.4, 0.5) is 10.5 Å². The van der Waals surface area contributed by atoms with Crippen LogP contribution in [-0.2, 0) is 4.79 Å². The second kappa shape index (κ2) is 6.57. The predicted octanol–water partition coefficient (Wildman–Crippen LogP) is 5.89. The third-order valence-corrected chi connectivity index (χ3v) is 5.10. The van der Waals surface area contributed by atoms with E-state index >= 15 is 0 Å². The van der Waals surface area contributed by atoms with Crippen LogP contribution in [0.15, 0.2) is 47.4 Å². The van der Waals surface area contributed by atoms with Crippen molar-refractivity contribution in [2.24, 2.45) is 0 Å². The van der Waals surface area contributed by atoms with Gasteiger partial charge in [0.2, 0.25) is 0 Å². The molecule has 3 nitrogen and oxygen atoms in total. The Hall–Kier alpha value is -1.46. The van der Waals surface area contributed by atoms with Crippen molar-refractivity contribution in [2.75, 3.05) is 4.90 Å². The number of hydrogen-bond donors (Lipinski definition) is 0. The minimum absolute atomic E-state index is 0.286. The number of anilines is 1. The summed E-state index contributed by atoms with van der Waals surface area (Å²) >= 11 is 18.8. The second-order valence-electron chi connectivity index (χ2n) is 4.64. The van der Waals surface area contributed by atoms with Crippen molar-refractivity contribution in [2.45, 2.75) is 0 Å². The molecule has 0 radical (unpaired) electrons. The minimum Gasteiger partial charge on any atom is -0.268 e. The van der Waals surface area contributed by atoms with E-state index in [1.165, 1.54) is 0 Å². The van der Waals surface area contributed by atoms with Gasteiger partial charge in [0.05, 0.1) is 20.6 Å². The quantitative estimate of drug-likeness (QED) is 0.606. The first kappa shape index (κ1) is 16.4. The molecule has 7 heteroatoms. The van der Waals surface area contributed by atoms with E-state index in [-0.39, 0.29) is 10.1 Å². The molecule has 1 saturated heterocycles. The van der Waals surface area contributed by atoms with Gasteiger partial charge in [0, 0.05) is 5.02 Å². The Kier molecular flexibility index (Phi) is 4.69. The zero-order valence-corrected chi connectivity index (χ0v) is 14.5. The lowest BCUT2D eigenvalue weighted by atomic mass is 10.2. The molecule has 23 heavy (non-hydrogen) atoms. The van der Waals surface area contributed by atoms with Crippen LogP contribution in [0.2, 0.25) is 15.1 Å². The molecule has 2 aromatic rings. The highest BCUT2D eigenvalue weighted by Gasteiger charge is 2.36. The maximum Gasteiger partial charge on any atom is 0.298 e. The summed E-state index contributed by atoms with van der Waals surface area (Å²) in [5, 5.41) is 0.883. The molecule has 2 amide bonds. The number of hydrogen-bond acceptors (Lipinski definition) is 3. The molecule has 0 N–H and O–H groups in total. The maximum absolute atomic E-state index is 12.5. The van der Waals surface area contributed by atoms with E-state index in [9.17, 15) is 9.59 Å². The summed E-state index contributed by atoms with van der Waals surface area (Å²) in [5.41, 5.74) is 1.05. The Bertz CT molecular complexity index is 834. The molecular formula is C16H8Cl3NO2S. The number of imide groups is 1. The highest BCUT2D eigenvalue weighted by atomic mass is 35.5. The van der Waals surface area contributed by atoms with Gasteiger partial charge >= 0.3 is 0 Å². The van der Waals surface area contributed by atoms with Crippen molar-refractivity contribution in [3.8, 4) is 0 Å². The first-order valence-corrected chi connectivity index (χ1v) is 8.40. The zero-order chi connectivity index (χ0) is 16.6. The number of thioether (sulfide) groups is 1. The van der Waals surface area contributed by atoms with Gasteiger partial charge in [0.15, 0.2) is 0 Å². The molecule has 0 bridgehead atoms. The van der Waals surface area contributed by atoms with E-state index in [2.05, 4.69) is 0 Å². The molecule has 0 aliphatic carbocycles. The van der Waals surface area contributed by atoms with Crippen LogP contribution in [0.5, 0.6) is 0 Å². The Morgan fingerprint density at radius 2 is 1.65 bits per heavy atom. The van der Waals surface area contributed by atoms with Crippen molar-refractivity contribution in [3.63, 3.8) is 0 Å². The van der Waals surface area contributed by atoms with Crippen molar-refractivity contribution in [1.82, 2.24) is 0 Å². The van der Waals surface area contributed by atoms with Crippen LogP contribution in [0.3, 0.4) is 0 Å². The Morgan fingerprint density at radius 1 is 0.957 bits per heavy atom. The van der Waals surface area contributed by atoms with Gasteiger partial charge in [-0.25, -0.2) is 4.90 Å². The van der Waals surface area contributed by atoms with Crippen molar-refractivity contribution < 1.29 is 9.59 Å². The second-order valence-corrected chi connectivity index (χ2v) is 6.85. The molecule has 1 aliphatic rings. The summed E-state index contributed by atoms with van der Waals surface area (Å²) in [5.74, 6) is -0.404. The van der Waals surface area contributed by atoms with E-state index in [4.69, 9.17) is 34.8 Å². The Labute approximate surface area is 151 Å². The summed E-state index contributed by atoms with van der Waals surface area (Å²) in [6, 6.07) is 11.6. The highest BCUT2D eigenvalue weighted by Crippen LogP contribution is 2.37. The SMILES string of the molecule is O=C1S/C(=C/c2cccc(Cl)c2Cl)C(=O)N1c1ccc(Cl)cc1. The van der Waals surface area contributed by atoms with Crippen LogP contribution < -0.4 is 4.90 Å². The number of halogens is 3. The summed E-state index contributed by atoms with van der Waals surface area (Å²) in [4.78, 5) is 26.1. The summed E-state index contributed by atoms with van der Waals surface area (Å²) in [7, 11) is 0. The van der Waals surface area contributed by atoms with E-state index in [1.54, 1.807) is 48.5 Å². The molecule has 3 rings (SSSR count). The van der Waals surface area contributed by atoms with Crippen LogP contribution in [0.1, 0.15) is 5.56 Å². The molecule has 116 valence electrons. The van der Waals surface area contributed by atoms with E-state index < -0.39 is 5.91 Å². The molecule has 0 spiro atoms. The predicted molar refractivity (Wildman–Crippen MR) is 96.4 cm³/mol. The van der Waals surface area contributed by atoms with Gasteiger partial charge in [0.1, 0.15) is 0 Å². The molecule has 1 fully saturated rings. The molecule has 0 atom stereocenters. The number of carbonyl (C=O) groups is 2. The third kappa shape index (κ3) is 3.26. The van der Waals surface area contributed by atoms with Gasteiger partial charge in [-0.05, 0) is 53.7 Å². The maximum atomic E-state index is 12.5.